The van der Waals surface area contributed by atoms with Crippen LogP contribution in [0.5, 0.6) is 0 Å². The van der Waals surface area contributed by atoms with Crippen LogP contribution >= 0.6 is 0 Å². The van der Waals surface area contributed by atoms with Crippen molar-refractivity contribution in [3.63, 3.8) is 0 Å². The molecule has 4 heteroatoms. The van der Waals surface area contributed by atoms with Crippen molar-refractivity contribution < 1.29 is 4.74 Å². The summed E-state index contributed by atoms with van der Waals surface area (Å²) < 4.78 is 5.36. The molecule has 1 N–H and O–H groups in total. The van der Waals surface area contributed by atoms with Gasteiger partial charge in [0.25, 0.3) is 0 Å². The van der Waals surface area contributed by atoms with Crippen LogP contribution in [0.3, 0.4) is 0 Å². The lowest BCUT2D eigenvalue weighted by Crippen LogP contribution is -2.49. The fraction of sp³-hybridized carbons (Fsp3) is 0.909. The van der Waals surface area contributed by atoms with E-state index < -0.39 is 0 Å². The van der Waals surface area contributed by atoms with Gasteiger partial charge in [-0.2, -0.15) is 5.26 Å². The van der Waals surface area contributed by atoms with Gasteiger partial charge in [-0.3, -0.25) is 4.90 Å². The van der Waals surface area contributed by atoms with Crippen molar-refractivity contribution in [1.82, 2.24) is 10.2 Å². The Hall–Kier alpha value is -0.630. The van der Waals surface area contributed by atoms with Crippen molar-refractivity contribution in [1.29, 1.82) is 5.26 Å². The zero-order valence-corrected chi connectivity index (χ0v) is 9.70. The van der Waals surface area contributed by atoms with E-state index in [1.807, 2.05) is 0 Å². The van der Waals surface area contributed by atoms with Gasteiger partial charge in [0, 0.05) is 19.1 Å². The molecule has 1 rings (SSSR count). The Morgan fingerprint density at radius 1 is 1.67 bits per heavy atom. The van der Waals surface area contributed by atoms with Crippen molar-refractivity contribution >= 4 is 0 Å². The molecule has 4 nitrogen and oxygen atoms in total. The second-order valence-corrected chi connectivity index (χ2v) is 4.05. The number of hydrogen-bond acceptors (Lipinski definition) is 4. The Morgan fingerprint density at radius 3 is 3.07 bits per heavy atom. The van der Waals surface area contributed by atoms with E-state index in [1.54, 1.807) is 0 Å². The van der Waals surface area contributed by atoms with E-state index in [4.69, 9.17) is 10.00 Å². The predicted molar refractivity (Wildman–Crippen MR) is 59.5 cm³/mol. The molecule has 0 aromatic carbocycles. The van der Waals surface area contributed by atoms with Gasteiger partial charge in [-0.1, -0.05) is 6.92 Å². The molecule has 1 heterocycles. The largest absolute Gasteiger partial charge is 0.379 e. The SMILES string of the molecule is CCCNC(C#N)CN1CCOCC1C. The third kappa shape index (κ3) is 4.17. The number of nitrogens with one attached hydrogen (secondary N) is 1. The van der Waals surface area contributed by atoms with Crippen LogP contribution in [-0.4, -0.2) is 49.8 Å². The van der Waals surface area contributed by atoms with Crippen molar-refractivity contribution in [2.45, 2.75) is 32.4 Å². The van der Waals surface area contributed by atoms with Crippen LogP contribution in [-0.2, 0) is 4.74 Å². The Balaban J connectivity index is 2.33. The summed E-state index contributed by atoms with van der Waals surface area (Å²) in [7, 11) is 0. The smallest absolute Gasteiger partial charge is 0.108 e. The molecule has 0 bridgehead atoms. The summed E-state index contributed by atoms with van der Waals surface area (Å²) in [5.74, 6) is 0. The molecule has 0 amide bonds. The quantitative estimate of drug-likeness (QED) is 0.723. The maximum absolute atomic E-state index is 9.00. The summed E-state index contributed by atoms with van der Waals surface area (Å²) in [5, 5.41) is 12.2. The minimum absolute atomic E-state index is 0.0505. The number of nitrogens with zero attached hydrogens (tertiary/aromatic N) is 2. The van der Waals surface area contributed by atoms with Crippen LogP contribution in [0.25, 0.3) is 0 Å². The number of rotatable bonds is 5. The zero-order valence-electron chi connectivity index (χ0n) is 9.70. The van der Waals surface area contributed by atoms with E-state index in [2.05, 4.69) is 30.1 Å². The Morgan fingerprint density at radius 2 is 2.47 bits per heavy atom. The van der Waals surface area contributed by atoms with Gasteiger partial charge in [0.2, 0.25) is 0 Å². The number of hydrogen-bond donors (Lipinski definition) is 1. The van der Waals surface area contributed by atoms with Gasteiger partial charge in [0.05, 0.1) is 19.3 Å². The molecule has 0 aromatic rings. The molecule has 2 unspecified atom stereocenters. The molecule has 1 fully saturated rings. The van der Waals surface area contributed by atoms with E-state index in [9.17, 15) is 0 Å². The fourth-order valence-corrected chi connectivity index (χ4v) is 1.74. The number of morpholine rings is 1. The first-order chi connectivity index (χ1) is 7.27. The van der Waals surface area contributed by atoms with Crippen LogP contribution in [0.1, 0.15) is 20.3 Å². The highest BCUT2D eigenvalue weighted by molar-refractivity contribution is 4.93. The molecule has 15 heavy (non-hydrogen) atoms. The zero-order chi connectivity index (χ0) is 11.1. The van der Waals surface area contributed by atoms with Crippen LogP contribution in [0, 0.1) is 11.3 Å². The van der Waals surface area contributed by atoms with Gasteiger partial charge < -0.3 is 10.1 Å². The minimum Gasteiger partial charge on any atom is -0.379 e. The lowest BCUT2D eigenvalue weighted by molar-refractivity contribution is -0.00206. The maximum Gasteiger partial charge on any atom is 0.108 e. The fourth-order valence-electron chi connectivity index (χ4n) is 1.74. The van der Waals surface area contributed by atoms with Crippen molar-refractivity contribution in [3.8, 4) is 6.07 Å². The van der Waals surface area contributed by atoms with Gasteiger partial charge >= 0.3 is 0 Å². The highest BCUT2D eigenvalue weighted by Crippen LogP contribution is 2.06. The van der Waals surface area contributed by atoms with Gasteiger partial charge in [-0.25, -0.2) is 0 Å². The number of nitriles is 1. The van der Waals surface area contributed by atoms with E-state index >= 15 is 0 Å². The molecular weight excluding hydrogens is 190 g/mol. The molecule has 1 aliphatic heterocycles. The third-order valence-electron chi connectivity index (χ3n) is 2.72. The topological polar surface area (TPSA) is 48.3 Å². The number of ether oxygens (including phenoxy) is 1. The van der Waals surface area contributed by atoms with Gasteiger partial charge in [0.15, 0.2) is 0 Å². The highest BCUT2D eigenvalue weighted by atomic mass is 16.5. The van der Waals surface area contributed by atoms with Gasteiger partial charge in [0.1, 0.15) is 6.04 Å². The first-order valence-corrected chi connectivity index (χ1v) is 5.72. The van der Waals surface area contributed by atoms with Gasteiger partial charge in [-0.15, -0.1) is 0 Å². The van der Waals surface area contributed by atoms with Crippen molar-refractivity contribution in [2.24, 2.45) is 0 Å². The standard InChI is InChI=1S/C11H21N3O/c1-3-4-13-11(7-12)8-14-5-6-15-9-10(14)2/h10-11,13H,3-6,8-9H2,1-2H3. The van der Waals surface area contributed by atoms with E-state index in [0.717, 1.165) is 39.3 Å². The van der Waals surface area contributed by atoms with Crippen molar-refractivity contribution in [2.75, 3.05) is 32.8 Å². The average Bonchev–Trinajstić information content (AvgIpc) is 2.26. The molecular formula is C11H21N3O. The molecule has 1 aliphatic rings. The van der Waals surface area contributed by atoms with Crippen LogP contribution in [0.2, 0.25) is 0 Å². The van der Waals surface area contributed by atoms with Crippen LogP contribution in [0.4, 0.5) is 0 Å². The summed E-state index contributed by atoms with van der Waals surface area (Å²) >= 11 is 0. The monoisotopic (exact) mass is 211 g/mol. The first-order valence-electron chi connectivity index (χ1n) is 5.72. The van der Waals surface area contributed by atoms with Crippen LogP contribution in [0.15, 0.2) is 0 Å². The molecule has 0 saturated carbocycles. The molecule has 0 aromatic heterocycles. The molecule has 0 spiro atoms. The first kappa shape index (κ1) is 12.4. The van der Waals surface area contributed by atoms with E-state index in [-0.39, 0.29) is 6.04 Å². The van der Waals surface area contributed by atoms with E-state index in [1.165, 1.54) is 0 Å². The molecule has 1 saturated heterocycles. The lowest BCUT2D eigenvalue weighted by Gasteiger charge is -2.34. The van der Waals surface area contributed by atoms with E-state index in [0.29, 0.717) is 6.04 Å². The van der Waals surface area contributed by atoms with Crippen molar-refractivity contribution in [3.05, 3.63) is 0 Å². The summed E-state index contributed by atoms with van der Waals surface area (Å²) in [6.45, 7) is 8.49. The van der Waals surface area contributed by atoms with Crippen LogP contribution < -0.4 is 5.32 Å². The summed E-state index contributed by atoms with van der Waals surface area (Å²) in [4.78, 5) is 2.32. The Kier molecular flexibility index (Phi) is 5.62. The third-order valence-corrected chi connectivity index (χ3v) is 2.72. The minimum atomic E-state index is -0.0505. The predicted octanol–water partition coefficient (Wildman–Crippen LogP) is 0.599. The molecule has 0 aliphatic carbocycles. The normalized spacial score (nSPS) is 24.7. The summed E-state index contributed by atoms with van der Waals surface area (Å²) in [6, 6.07) is 2.69. The summed E-state index contributed by atoms with van der Waals surface area (Å²) in [6.07, 6.45) is 1.07. The second-order valence-electron chi connectivity index (χ2n) is 4.05. The average molecular weight is 211 g/mol. The Labute approximate surface area is 92.2 Å². The Bertz CT molecular complexity index is 214. The molecule has 0 radical (unpaired) electrons. The molecule has 86 valence electrons. The maximum atomic E-state index is 9.00. The molecule has 2 atom stereocenters. The summed E-state index contributed by atoms with van der Waals surface area (Å²) in [5.41, 5.74) is 0. The van der Waals surface area contributed by atoms with Gasteiger partial charge in [-0.05, 0) is 19.9 Å². The lowest BCUT2D eigenvalue weighted by atomic mass is 10.2. The highest BCUT2D eigenvalue weighted by Gasteiger charge is 2.21. The second kappa shape index (κ2) is 6.78.